The monoisotopic (exact) mass is 443 g/mol. The molecule has 3 aromatic carbocycles. The molecule has 3 rings (SSSR count). The fraction of sp³-hybridized carbons (Fsp3) is 0.345. The fourth-order valence-electron chi connectivity index (χ4n) is 4.02. The highest BCUT2D eigenvalue weighted by atomic mass is 16.5. The first kappa shape index (κ1) is 24.7. The highest BCUT2D eigenvalue weighted by Crippen LogP contribution is 2.40. The van der Waals surface area contributed by atoms with Crippen LogP contribution in [-0.2, 0) is 15.1 Å². The lowest BCUT2D eigenvalue weighted by Gasteiger charge is -2.36. The van der Waals surface area contributed by atoms with Crippen molar-refractivity contribution >= 4 is 0 Å². The third-order valence-corrected chi connectivity index (χ3v) is 5.67. The van der Waals surface area contributed by atoms with E-state index in [-0.39, 0.29) is 13.2 Å². The third-order valence-electron chi connectivity index (χ3n) is 5.67. The number of nitriles is 1. The second-order valence-corrected chi connectivity index (χ2v) is 8.14. The van der Waals surface area contributed by atoms with Gasteiger partial charge < -0.3 is 14.6 Å². The Balaban J connectivity index is 1.70. The SMILES string of the molecule is N#CCCCCCCOC[C@@H](O)COC(c1ccccc1)(c1ccccc1)c1ccccc1. The Morgan fingerprint density at radius 3 is 1.67 bits per heavy atom. The Bertz CT molecular complexity index is 858. The summed E-state index contributed by atoms with van der Waals surface area (Å²) in [5.41, 5.74) is 2.18. The van der Waals surface area contributed by atoms with Crippen LogP contribution in [0.3, 0.4) is 0 Å². The molecule has 0 bridgehead atoms. The normalized spacial score (nSPS) is 12.2. The molecule has 1 N–H and O–H groups in total. The van der Waals surface area contributed by atoms with Gasteiger partial charge in [-0.1, -0.05) is 104 Å². The molecule has 0 amide bonds. The standard InChI is InChI=1S/C29H33NO3/c30-21-13-2-1-3-14-22-32-23-28(31)24-33-29(25-15-7-4-8-16-25,26-17-9-5-10-18-26)27-19-11-6-12-20-27/h4-12,15-20,28,31H,1-3,13-14,22-24H2/t28-/m1/s1. The zero-order valence-electron chi connectivity index (χ0n) is 19.1. The lowest BCUT2D eigenvalue weighted by atomic mass is 9.80. The van der Waals surface area contributed by atoms with E-state index in [1.54, 1.807) is 0 Å². The van der Waals surface area contributed by atoms with Gasteiger partial charge in [-0.25, -0.2) is 0 Å². The topological polar surface area (TPSA) is 62.5 Å². The number of hydrogen-bond donors (Lipinski definition) is 1. The summed E-state index contributed by atoms with van der Waals surface area (Å²) in [7, 11) is 0. The Morgan fingerprint density at radius 1 is 0.697 bits per heavy atom. The maximum Gasteiger partial charge on any atom is 0.143 e. The number of ether oxygens (including phenoxy) is 2. The Morgan fingerprint density at radius 2 is 1.18 bits per heavy atom. The quantitative estimate of drug-likeness (QED) is 0.251. The minimum absolute atomic E-state index is 0.140. The number of nitrogens with zero attached hydrogens (tertiary/aromatic N) is 1. The molecule has 0 aliphatic rings. The molecule has 0 saturated carbocycles. The molecule has 0 spiro atoms. The first-order chi connectivity index (χ1) is 16.3. The summed E-state index contributed by atoms with van der Waals surface area (Å²) in [5, 5.41) is 19.2. The van der Waals surface area contributed by atoms with Crippen molar-refractivity contribution in [2.45, 2.75) is 43.8 Å². The lowest BCUT2D eigenvalue weighted by Crippen LogP contribution is -2.36. The first-order valence-electron chi connectivity index (χ1n) is 11.7. The summed E-state index contributed by atoms with van der Waals surface area (Å²) in [6.07, 6.45) is 3.82. The van der Waals surface area contributed by atoms with Crippen LogP contribution in [0.5, 0.6) is 0 Å². The van der Waals surface area contributed by atoms with Gasteiger partial charge in [0.05, 0.1) is 19.3 Å². The van der Waals surface area contributed by atoms with Crippen molar-refractivity contribution in [3.63, 3.8) is 0 Å². The van der Waals surface area contributed by atoms with Crippen molar-refractivity contribution in [1.82, 2.24) is 0 Å². The third kappa shape index (κ3) is 7.00. The number of benzene rings is 3. The molecule has 0 aliphatic carbocycles. The minimum atomic E-state index is -0.842. The molecular weight excluding hydrogens is 410 g/mol. The molecule has 0 fully saturated rings. The average Bonchev–Trinajstić information content (AvgIpc) is 2.88. The summed E-state index contributed by atoms with van der Waals surface area (Å²) >= 11 is 0. The van der Waals surface area contributed by atoms with Crippen molar-refractivity contribution in [3.05, 3.63) is 108 Å². The Kier molecular flexibility index (Phi) is 10.1. The molecule has 0 heterocycles. The molecule has 33 heavy (non-hydrogen) atoms. The molecule has 3 aromatic rings. The number of hydrogen-bond acceptors (Lipinski definition) is 4. The first-order valence-corrected chi connectivity index (χ1v) is 11.7. The predicted molar refractivity (Wildman–Crippen MR) is 131 cm³/mol. The Hall–Kier alpha value is -2.97. The van der Waals surface area contributed by atoms with E-state index in [4.69, 9.17) is 14.7 Å². The van der Waals surface area contributed by atoms with E-state index in [1.807, 2.05) is 54.6 Å². The molecular formula is C29H33NO3. The highest BCUT2D eigenvalue weighted by Gasteiger charge is 2.37. The number of aliphatic hydroxyl groups excluding tert-OH is 1. The van der Waals surface area contributed by atoms with Gasteiger partial charge in [0.15, 0.2) is 0 Å². The smallest absolute Gasteiger partial charge is 0.143 e. The molecule has 4 nitrogen and oxygen atoms in total. The van der Waals surface area contributed by atoms with Gasteiger partial charge in [0.1, 0.15) is 11.7 Å². The summed E-state index contributed by atoms with van der Waals surface area (Å²) in [5.74, 6) is 0. The van der Waals surface area contributed by atoms with Gasteiger partial charge in [-0.05, 0) is 29.5 Å². The fourth-order valence-corrected chi connectivity index (χ4v) is 4.02. The maximum absolute atomic E-state index is 10.6. The molecule has 172 valence electrons. The van der Waals surface area contributed by atoms with Crippen LogP contribution in [-0.4, -0.2) is 31.0 Å². The van der Waals surface area contributed by atoms with Crippen molar-refractivity contribution in [2.75, 3.05) is 19.8 Å². The molecule has 0 saturated heterocycles. The van der Waals surface area contributed by atoms with E-state index in [1.165, 1.54) is 0 Å². The van der Waals surface area contributed by atoms with Crippen LogP contribution in [0.25, 0.3) is 0 Å². The van der Waals surface area contributed by atoms with Gasteiger partial charge >= 0.3 is 0 Å². The molecule has 0 aliphatic heterocycles. The van der Waals surface area contributed by atoms with Crippen molar-refractivity contribution in [1.29, 1.82) is 5.26 Å². The largest absolute Gasteiger partial charge is 0.388 e. The van der Waals surface area contributed by atoms with Crippen LogP contribution in [0.4, 0.5) is 0 Å². The summed E-state index contributed by atoms with van der Waals surface area (Å²) in [6.45, 7) is 0.971. The minimum Gasteiger partial charge on any atom is -0.388 e. The van der Waals surface area contributed by atoms with E-state index in [0.29, 0.717) is 13.0 Å². The van der Waals surface area contributed by atoms with Gasteiger partial charge in [0.2, 0.25) is 0 Å². The van der Waals surface area contributed by atoms with E-state index < -0.39 is 11.7 Å². The summed E-state index contributed by atoms with van der Waals surface area (Å²) < 4.78 is 12.3. The average molecular weight is 444 g/mol. The zero-order valence-corrected chi connectivity index (χ0v) is 19.1. The second kappa shape index (κ2) is 13.5. The summed E-state index contributed by atoms with van der Waals surface area (Å²) in [6, 6.07) is 32.6. The van der Waals surface area contributed by atoms with Crippen LogP contribution >= 0.6 is 0 Å². The van der Waals surface area contributed by atoms with Crippen LogP contribution in [0, 0.1) is 11.3 Å². The number of unbranched alkanes of at least 4 members (excludes halogenated alkanes) is 4. The zero-order chi connectivity index (χ0) is 23.2. The van der Waals surface area contributed by atoms with E-state index in [9.17, 15) is 5.11 Å². The van der Waals surface area contributed by atoms with Crippen molar-refractivity contribution < 1.29 is 14.6 Å². The van der Waals surface area contributed by atoms with Gasteiger partial charge in [-0.2, -0.15) is 5.26 Å². The van der Waals surface area contributed by atoms with Crippen molar-refractivity contribution in [2.24, 2.45) is 0 Å². The van der Waals surface area contributed by atoms with Crippen LogP contribution in [0.2, 0.25) is 0 Å². The van der Waals surface area contributed by atoms with Crippen LogP contribution < -0.4 is 0 Å². The Labute approximate surface area is 197 Å². The van der Waals surface area contributed by atoms with Crippen LogP contribution in [0.15, 0.2) is 91.0 Å². The number of rotatable bonds is 14. The summed E-state index contributed by atoms with van der Waals surface area (Å²) in [4.78, 5) is 0. The van der Waals surface area contributed by atoms with Gasteiger partial charge in [0, 0.05) is 13.0 Å². The maximum atomic E-state index is 10.6. The van der Waals surface area contributed by atoms with Crippen LogP contribution in [0.1, 0.15) is 48.8 Å². The molecule has 0 radical (unpaired) electrons. The van der Waals surface area contributed by atoms with E-state index in [0.717, 1.165) is 42.4 Å². The van der Waals surface area contributed by atoms with Gasteiger partial charge in [0.25, 0.3) is 0 Å². The molecule has 4 heteroatoms. The lowest BCUT2D eigenvalue weighted by molar-refractivity contribution is -0.0641. The van der Waals surface area contributed by atoms with Gasteiger partial charge in [-0.3, -0.25) is 0 Å². The molecule has 0 aromatic heterocycles. The predicted octanol–water partition coefficient (Wildman–Crippen LogP) is 5.85. The highest BCUT2D eigenvalue weighted by molar-refractivity contribution is 5.47. The second-order valence-electron chi connectivity index (χ2n) is 8.14. The van der Waals surface area contributed by atoms with Gasteiger partial charge in [-0.15, -0.1) is 0 Å². The molecule has 0 unspecified atom stereocenters. The molecule has 1 atom stereocenters. The van der Waals surface area contributed by atoms with Crippen molar-refractivity contribution in [3.8, 4) is 6.07 Å². The number of aliphatic hydroxyl groups is 1. The van der Waals surface area contributed by atoms with E-state index in [2.05, 4.69) is 42.5 Å². The van der Waals surface area contributed by atoms with E-state index >= 15 is 0 Å².